The Labute approximate surface area is 183 Å². The number of amides is 2. The first-order valence-corrected chi connectivity index (χ1v) is 10.9. The van der Waals surface area contributed by atoms with Gasteiger partial charge in [-0.2, -0.15) is 0 Å². The van der Waals surface area contributed by atoms with E-state index in [4.69, 9.17) is 0 Å². The highest BCUT2D eigenvalue weighted by Gasteiger charge is 2.26. The fraction of sp³-hybridized carbons (Fsp3) is 0.308. The Bertz CT molecular complexity index is 1050. The summed E-state index contributed by atoms with van der Waals surface area (Å²) < 4.78 is 0. The van der Waals surface area contributed by atoms with Crippen molar-refractivity contribution in [3.05, 3.63) is 78.4 Å². The van der Waals surface area contributed by atoms with E-state index in [1.54, 1.807) is 0 Å². The molecule has 0 bridgehead atoms. The minimum Gasteiger partial charge on any atom is -0.336 e. The van der Waals surface area contributed by atoms with Gasteiger partial charge >= 0.3 is 0 Å². The van der Waals surface area contributed by atoms with Crippen LogP contribution in [0.1, 0.15) is 24.2 Å². The number of fused-ring (bicyclic) bond motifs is 1. The van der Waals surface area contributed by atoms with E-state index in [2.05, 4.69) is 4.90 Å². The van der Waals surface area contributed by atoms with Crippen LogP contribution in [0.15, 0.2) is 72.8 Å². The summed E-state index contributed by atoms with van der Waals surface area (Å²) in [7, 11) is 0. The number of carbonyl (C=O) groups excluding carboxylic acids is 2. The van der Waals surface area contributed by atoms with Gasteiger partial charge in [0.15, 0.2) is 0 Å². The quantitative estimate of drug-likeness (QED) is 0.632. The Morgan fingerprint density at radius 1 is 0.839 bits per heavy atom. The third-order valence-corrected chi connectivity index (χ3v) is 5.86. The number of hydrogen-bond donors (Lipinski definition) is 0. The summed E-state index contributed by atoms with van der Waals surface area (Å²) in [5.41, 5.74) is 1.67. The van der Waals surface area contributed by atoms with Crippen LogP contribution in [0.3, 0.4) is 0 Å². The summed E-state index contributed by atoms with van der Waals surface area (Å²) in [5.74, 6) is 0.158. The lowest BCUT2D eigenvalue weighted by Gasteiger charge is -2.36. The number of carbonyl (C=O) groups is 2. The van der Waals surface area contributed by atoms with Crippen LogP contribution < -0.4 is 4.90 Å². The maximum Gasteiger partial charge on any atom is 0.254 e. The van der Waals surface area contributed by atoms with Gasteiger partial charge in [0, 0.05) is 43.5 Å². The molecular formula is C26H29N3O2. The highest BCUT2D eigenvalue weighted by atomic mass is 16.2. The van der Waals surface area contributed by atoms with Gasteiger partial charge in [-0.05, 0) is 42.8 Å². The molecule has 0 aromatic heterocycles. The summed E-state index contributed by atoms with van der Waals surface area (Å²) in [5, 5.41) is 2.07. The first-order chi connectivity index (χ1) is 15.0. The second-order valence-electron chi connectivity index (χ2n) is 8.29. The lowest BCUT2D eigenvalue weighted by molar-refractivity contribution is -0.120. The molecule has 2 amide bonds. The first-order valence-electron chi connectivity index (χ1n) is 10.9. The molecule has 0 aliphatic carbocycles. The van der Waals surface area contributed by atoms with Crippen LogP contribution >= 0.6 is 0 Å². The largest absolute Gasteiger partial charge is 0.336 e. The van der Waals surface area contributed by atoms with Gasteiger partial charge in [0.1, 0.15) is 0 Å². The summed E-state index contributed by atoms with van der Waals surface area (Å²) in [6.45, 7) is 7.08. The normalized spacial score (nSPS) is 14.7. The molecule has 0 spiro atoms. The Morgan fingerprint density at radius 2 is 1.48 bits per heavy atom. The molecule has 1 aliphatic rings. The average molecular weight is 416 g/mol. The van der Waals surface area contributed by atoms with Crippen molar-refractivity contribution in [2.75, 3.05) is 37.6 Å². The third kappa shape index (κ3) is 4.62. The summed E-state index contributed by atoms with van der Waals surface area (Å²) in [6.07, 6.45) is 0. The van der Waals surface area contributed by atoms with Gasteiger partial charge in [-0.15, -0.1) is 0 Å². The zero-order chi connectivity index (χ0) is 21.8. The number of nitrogens with zero attached hydrogens (tertiary/aromatic N) is 3. The first kappa shape index (κ1) is 21.1. The van der Waals surface area contributed by atoms with Gasteiger partial charge in [0.2, 0.25) is 5.91 Å². The lowest BCUT2D eigenvalue weighted by atomic mass is 10.0. The van der Waals surface area contributed by atoms with Crippen molar-refractivity contribution in [1.29, 1.82) is 0 Å². The highest BCUT2D eigenvalue weighted by molar-refractivity contribution is 6.07. The summed E-state index contributed by atoms with van der Waals surface area (Å²) >= 11 is 0. The van der Waals surface area contributed by atoms with E-state index in [0.29, 0.717) is 32.7 Å². The van der Waals surface area contributed by atoms with E-state index < -0.39 is 0 Å². The maximum absolute atomic E-state index is 13.2. The van der Waals surface area contributed by atoms with Crippen LogP contribution in [0.4, 0.5) is 5.69 Å². The SMILES string of the molecule is CC(C)N(C(=O)CN1CCN(C(=O)c2cccc3ccccc23)CC1)c1ccccc1. The monoisotopic (exact) mass is 415 g/mol. The molecule has 0 atom stereocenters. The molecule has 0 N–H and O–H groups in total. The molecule has 1 heterocycles. The number of piperazine rings is 1. The Morgan fingerprint density at radius 3 is 2.19 bits per heavy atom. The second-order valence-corrected chi connectivity index (χ2v) is 8.29. The molecule has 0 unspecified atom stereocenters. The van der Waals surface area contributed by atoms with Crippen LogP contribution in [0.2, 0.25) is 0 Å². The van der Waals surface area contributed by atoms with Crippen LogP contribution in [-0.4, -0.2) is 60.4 Å². The van der Waals surface area contributed by atoms with Crippen molar-refractivity contribution in [3.63, 3.8) is 0 Å². The van der Waals surface area contributed by atoms with Gasteiger partial charge in [-0.3, -0.25) is 14.5 Å². The number of hydrogen-bond acceptors (Lipinski definition) is 3. The molecule has 5 heteroatoms. The van der Waals surface area contributed by atoms with Crippen molar-refractivity contribution in [2.45, 2.75) is 19.9 Å². The Hall–Kier alpha value is -3.18. The van der Waals surface area contributed by atoms with Crippen LogP contribution in [0.25, 0.3) is 10.8 Å². The molecule has 31 heavy (non-hydrogen) atoms. The van der Waals surface area contributed by atoms with E-state index >= 15 is 0 Å². The molecule has 1 aliphatic heterocycles. The lowest BCUT2D eigenvalue weighted by Crippen LogP contribution is -2.52. The Kier molecular flexibility index (Phi) is 6.33. The van der Waals surface area contributed by atoms with E-state index in [1.165, 1.54) is 0 Å². The average Bonchev–Trinajstić information content (AvgIpc) is 2.79. The van der Waals surface area contributed by atoms with E-state index in [9.17, 15) is 9.59 Å². The van der Waals surface area contributed by atoms with Gasteiger partial charge in [-0.25, -0.2) is 0 Å². The van der Waals surface area contributed by atoms with Gasteiger partial charge < -0.3 is 9.80 Å². The van der Waals surface area contributed by atoms with Gasteiger partial charge in [0.25, 0.3) is 5.91 Å². The smallest absolute Gasteiger partial charge is 0.254 e. The minimum atomic E-state index is 0.0656. The number of benzene rings is 3. The van der Waals surface area contributed by atoms with Crippen molar-refractivity contribution in [1.82, 2.24) is 9.80 Å². The third-order valence-electron chi connectivity index (χ3n) is 5.86. The highest BCUT2D eigenvalue weighted by Crippen LogP contribution is 2.21. The molecule has 3 aromatic rings. The fourth-order valence-electron chi connectivity index (χ4n) is 4.28. The molecule has 0 radical (unpaired) electrons. The predicted molar refractivity (Wildman–Crippen MR) is 125 cm³/mol. The Balaban J connectivity index is 1.39. The fourth-order valence-corrected chi connectivity index (χ4v) is 4.28. The molecule has 160 valence electrons. The zero-order valence-electron chi connectivity index (χ0n) is 18.2. The molecule has 1 saturated heterocycles. The minimum absolute atomic E-state index is 0.0656. The second kappa shape index (κ2) is 9.31. The topological polar surface area (TPSA) is 43.9 Å². The number of anilines is 1. The van der Waals surface area contributed by atoms with Crippen molar-refractivity contribution >= 4 is 28.3 Å². The molecule has 0 saturated carbocycles. The molecule has 5 nitrogen and oxygen atoms in total. The van der Waals surface area contributed by atoms with E-state index in [-0.39, 0.29) is 17.9 Å². The predicted octanol–water partition coefficient (Wildman–Crippen LogP) is 4.04. The summed E-state index contributed by atoms with van der Waals surface area (Å²) in [4.78, 5) is 32.1. The maximum atomic E-state index is 13.2. The number of rotatable bonds is 5. The molecule has 1 fully saturated rings. The van der Waals surface area contributed by atoms with Crippen molar-refractivity contribution in [2.24, 2.45) is 0 Å². The molecular weight excluding hydrogens is 386 g/mol. The molecule has 4 rings (SSSR count). The van der Waals surface area contributed by atoms with Crippen LogP contribution in [0.5, 0.6) is 0 Å². The van der Waals surface area contributed by atoms with E-state index in [1.807, 2.05) is 96.4 Å². The van der Waals surface area contributed by atoms with Crippen molar-refractivity contribution < 1.29 is 9.59 Å². The molecule has 3 aromatic carbocycles. The van der Waals surface area contributed by atoms with Gasteiger partial charge in [-0.1, -0.05) is 54.6 Å². The van der Waals surface area contributed by atoms with Crippen molar-refractivity contribution in [3.8, 4) is 0 Å². The number of para-hydroxylation sites is 1. The van der Waals surface area contributed by atoms with Crippen LogP contribution in [0, 0.1) is 0 Å². The van der Waals surface area contributed by atoms with E-state index in [0.717, 1.165) is 22.0 Å². The summed E-state index contributed by atoms with van der Waals surface area (Å²) in [6, 6.07) is 23.8. The zero-order valence-corrected chi connectivity index (χ0v) is 18.2. The standard InChI is InChI=1S/C26H29N3O2/c1-20(2)29(22-11-4-3-5-12-22)25(30)19-27-15-17-28(18-16-27)26(31)24-14-8-10-21-9-6-7-13-23(21)24/h3-14,20H,15-19H2,1-2H3. The van der Waals surface area contributed by atoms with Gasteiger partial charge in [0.05, 0.1) is 6.54 Å². The van der Waals surface area contributed by atoms with Crippen LogP contribution in [-0.2, 0) is 4.79 Å².